The number of rotatable bonds is 5. The Morgan fingerprint density at radius 3 is 2.74 bits per heavy atom. The van der Waals surface area contributed by atoms with E-state index in [0.29, 0.717) is 23.5 Å². The molecule has 3 rings (SSSR count). The fraction of sp³-hybridized carbons (Fsp3) is 0.263. The van der Waals surface area contributed by atoms with Crippen LogP contribution in [0.3, 0.4) is 0 Å². The highest BCUT2D eigenvalue weighted by molar-refractivity contribution is 6.00. The maximum absolute atomic E-state index is 12.6. The lowest BCUT2D eigenvalue weighted by Gasteiger charge is -2.18. The highest BCUT2D eigenvalue weighted by Gasteiger charge is 2.32. The van der Waals surface area contributed by atoms with E-state index in [1.807, 2.05) is 0 Å². The highest BCUT2D eigenvalue weighted by atomic mass is 16.6. The van der Waals surface area contributed by atoms with Gasteiger partial charge in [0.05, 0.1) is 18.1 Å². The number of ether oxygens (including phenoxy) is 1. The molecule has 1 aliphatic rings. The van der Waals surface area contributed by atoms with Gasteiger partial charge in [0.1, 0.15) is 5.75 Å². The first-order valence-corrected chi connectivity index (χ1v) is 8.40. The Bertz CT molecular complexity index is 912. The molecule has 0 unspecified atom stereocenters. The van der Waals surface area contributed by atoms with Crippen LogP contribution in [0.15, 0.2) is 42.5 Å². The van der Waals surface area contributed by atoms with Crippen LogP contribution in [0.1, 0.15) is 22.3 Å². The number of benzene rings is 2. The van der Waals surface area contributed by atoms with Gasteiger partial charge in [-0.25, -0.2) is 0 Å². The Morgan fingerprint density at radius 2 is 2.04 bits per heavy atom. The molecule has 8 nitrogen and oxygen atoms in total. The van der Waals surface area contributed by atoms with Crippen LogP contribution in [-0.4, -0.2) is 36.4 Å². The summed E-state index contributed by atoms with van der Waals surface area (Å²) in [5.41, 5.74) is 1.12. The van der Waals surface area contributed by atoms with Gasteiger partial charge >= 0.3 is 0 Å². The zero-order chi connectivity index (χ0) is 19.6. The smallest absolute Gasteiger partial charge is 0.273 e. The fourth-order valence-electron chi connectivity index (χ4n) is 3.16. The second-order valence-electron chi connectivity index (χ2n) is 6.29. The van der Waals surface area contributed by atoms with Crippen molar-refractivity contribution in [3.63, 3.8) is 0 Å². The summed E-state index contributed by atoms with van der Waals surface area (Å²) < 4.78 is 5.18. The third-order valence-corrected chi connectivity index (χ3v) is 4.57. The van der Waals surface area contributed by atoms with Crippen molar-refractivity contribution in [3.8, 4) is 5.75 Å². The summed E-state index contributed by atoms with van der Waals surface area (Å²) in [4.78, 5) is 37.0. The molecule has 0 spiro atoms. The monoisotopic (exact) mass is 369 g/mol. The molecule has 140 valence electrons. The van der Waals surface area contributed by atoms with Gasteiger partial charge < -0.3 is 15.0 Å². The molecule has 8 heteroatoms. The number of nitro groups is 1. The quantitative estimate of drug-likeness (QED) is 0.644. The van der Waals surface area contributed by atoms with Gasteiger partial charge in [-0.05, 0) is 25.1 Å². The van der Waals surface area contributed by atoms with Crippen LogP contribution in [0.4, 0.5) is 11.4 Å². The summed E-state index contributed by atoms with van der Waals surface area (Å²) in [6.07, 6.45) is 0.164. The largest absolute Gasteiger partial charge is 0.497 e. The van der Waals surface area contributed by atoms with E-state index >= 15 is 0 Å². The molecule has 27 heavy (non-hydrogen) atoms. The van der Waals surface area contributed by atoms with E-state index < -0.39 is 10.8 Å². The Kier molecular flexibility index (Phi) is 5.07. The third kappa shape index (κ3) is 3.74. The van der Waals surface area contributed by atoms with Crippen LogP contribution in [0, 0.1) is 17.0 Å². The van der Waals surface area contributed by atoms with Gasteiger partial charge in [0.25, 0.3) is 11.6 Å². The van der Waals surface area contributed by atoms with E-state index in [4.69, 9.17) is 4.74 Å². The lowest BCUT2D eigenvalue weighted by molar-refractivity contribution is -0.385. The van der Waals surface area contributed by atoms with Crippen LogP contribution in [0.5, 0.6) is 5.75 Å². The van der Waals surface area contributed by atoms with Crippen molar-refractivity contribution in [2.45, 2.75) is 19.4 Å². The Hall–Kier alpha value is -3.42. The van der Waals surface area contributed by atoms with Crippen LogP contribution >= 0.6 is 0 Å². The first kappa shape index (κ1) is 18.4. The van der Waals surface area contributed by atoms with Crippen molar-refractivity contribution in [2.75, 3.05) is 18.6 Å². The average molecular weight is 369 g/mol. The molecule has 1 saturated heterocycles. The molecular formula is C19H19N3O5. The number of carbonyl (C=O) groups excluding carboxylic acids is 2. The average Bonchev–Trinajstić information content (AvgIpc) is 3.01. The number of carbonyl (C=O) groups is 2. The number of nitrogens with zero attached hydrogens (tertiary/aromatic N) is 2. The number of methoxy groups -OCH3 is 1. The SMILES string of the molecule is COc1cccc(N2C[C@H](NC(=O)c3cccc([N+](=O)[O-])c3C)CC2=O)c1. The van der Waals surface area contributed by atoms with Crippen molar-refractivity contribution in [1.29, 1.82) is 0 Å². The van der Waals surface area contributed by atoms with E-state index in [9.17, 15) is 19.7 Å². The third-order valence-electron chi connectivity index (χ3n) is 4.57. The van der Waals surface area contributed by atoms with Gasteiger partial charge in [-0.2, -0.15) is 0 Å². The fourth-order valence-corrected chi connectivity index (χ4v) is 3.16. The molecule has 1 heterocycles. The van der Waals surface area contributed by atoms with Gasteiger partial charge in [-0.1, -0.05) is 12.1 Å². The molecular weight excluding hydrogens is 350 g/mol. The maximum atomic E-state index is 12.6. The summed E-state index contributed by atoms with van der Waals surface area (Å²) in [5, 5.41) is 13.9. The number of anilines is 1. The van der Waals surface area contributed by atoms with Gasteiger partial charge in [0.2, 0.25) is 5.91 Å². The van der Waals surface area contributed by atoms with Crippen molar-refractivity contribution in [2.24, 2.45) is 0 Å². The van der Waals surface area contributed by atoms with Crippen LogP contribution in [-0.2, 0) is 4.79 Å². The van der Waals surface area contributed by atoms with Gasteiger partial charge in [-0.3, -0.25) is 19.7 Å². The Morgan fingerprint density at radius 1 is 1.30 bits per heavy atom. The lowest BCUT2D eigenvalue weighted by atomic mass is 10.1. The Balaban J connectivity index is 1.74. The first-order valence-electron chi connectivity index (χ1n) is 8.40. The van der Waals surface area contributed by atoms with Crippen molar-refractivity contribution < 1.29 is 19.2 Å². The molecule has 2 aromatic rings. The van der Waals surface area contributed by atoms with Gasteiger partial charge in [0.15, 0.2) is 0 Å². The minimum Gasteiger partial charge on any atom is -0.497 e. The summed E-state index contributed by atoms with van der Waals surface area (Å²) in [6, 6.07) is 11.1. The number of amides is 2. The molecule has 1 fully saturated rings. The number of hydrogen-bond donors (Lipinski definition) is 1. The highest BCUT2D eigenvalue weighted by Crippen LogP contribution is 2.26. The second-order valence-corrected chi connectivity index (χ2v) is 6.29. The van der Waals surface area contributed by atoms with Crippen LogP contribution < -0.4 is 15.0 Å². The molecule has 0 bridgehead atoms. The predicted molar refractivity (Wildman–Crippen MR) is 99.1 cm³/mol. The van der Waals surface area contributed by atoms with Crippen molar-refractivity contribution >= 4 is 23.2 Å². The summed E-state index contributed by atoms with van der Waals surface area (Å²) >= 11 is 0. The molecule has 0 saturated carbocycles. The number of nitro benzene ring substituents is 1. The molecule has 0 aromatic heterocycles. The van der Waals surface area contributed by atoms with E-state index in [0.717, 1.165) is 0 Å². The molecule has 2 amide bonds. The zero-order valence-corrected chi connectivity index (χ0v) is 15.0. The maximum Gasteiger partial charge on any atom is 0.273 e. The standard InChI is InChI=1S/C19H19N3O5/c1-12-16(7-4-8-17(12)22(25)26)19(24)20-13-9-18(23)21(11-13)14-5-3-6-15(10-14)27-2/h3-8,10,13H,9,11H2,1-2H3,(H,20,24)/t13-/m1/s1. The molecule has 2 aromatic carbocycles. The molecule has 1 N–H and O–H groups in total. The van der Waals surface area contributed by atoms with E-state index in [1.165, 1.54) is 25.1 Å². The van der Waals surface area contributed by atoms with E-state index in [1.54, 1.807) is 36.3 Å². The van der Waals surface area contributed by atoms with Gasteiger partial charge in [0, 0.05) is 41.9 Å². The Labute approximate surface area is 155 Å². The number of hydrogen-bond acceptors (Lipinski definition) is 5. The van der Waals surface area contributed by atoms with Crippen molar-refractivity contribution in [3.05, 3.63) is 63.7 Å². The normalized spacial score (nSPS) is 16.3. The lowest BCUT2D eigenvalue weighted by Crippen LogP contribution is -2.37. The van der Waals surface area contributed by atoms with Crippen LogP contribution in [0.25, 0.3) is 0 Å². The van der Waals surface area contributed by atoms with Crippen LogP contribution in [0.2, 0.25) is 0 Å². The van der Waals surface area contributed by atoms with E-state index in [-0.39, 0.29) is 29.6 Å². The molecule has 0 radical (unpaired) electrons. The predicted octanol–water partition coefficient (Wildman–Crippen LogP) is 2.45. The zero-order valence-electron chi connectivity index (χ0n) is 15.0. The topological polar surface area (TPSA) is 102 Å². The first-order chi connectivity index (χ1) is 12.9. The van der Waals surface area contributed by atoms with Crippen molar-refractivity contribution in [1.82, 2.24) is 5.32 Å². The van der Waals surface area contributed by atoms with E-state index in [2.05, 4.69) is 5.32 Å². The number of nitrogens with one attached hydrogen (secondary N) is 1. The second kappa shape index (κ2) is 7.45. The minimum atomic E-state index is -0.518. The summed E-state index contributed by atoms with van der Waals surface area (Å²) in [7, 11) is 1.55. The molecule has 0 aliphatic carbocycles. The minimum absolute atomic E-state index is 0.107. The summed E-state index contributed by atoms with van der Waals surface area (Å²) in [5.74, 6) is 0.103. The molecule has 1 atom stereocenters. The molecule has 1 aliphatic heterocycles. The summed E-state index contributed by atoms with van der Waals surface area (Å²) in [6.45, 7) is 1.86. The van der Waals surface area contributed by atoms with Gasteiger partial charge in [-0.15, -0.1) is 0 Å².